The molecule has 0 amide bonds. The largest absolute Gasteiger partial charge is 0.418 e. The fraction of sp³-hybridized carbons (Fsp3) is 0.267. The van der Waals surface area contributed by atoms with E-state index in [-0.39, 0.29) is 6.04 Å². The number of hydrogen-bond donors (Lipinski definition) is 2. The molecule has 2 heterocycles. The van der Waals surface area contributed by atoms with Crippen LogP contribution < -0.4 is 5.32 Å². The van der Waals surface area contributed by atoms with Gasteiger partial charge in [-0.1, -0.05) is 37.3 Å². The number of aromatic nitrogens is 4. The molecule has 21 heavy (non-hydrogen) atoms. The van der Waals surface area contributed by atoms with Crippen molar-refractivity contribution in [2.45, 2.75) is 19.9 Å². The Labute approximate surface area is 122 Å². The molecular formula is C15H17N5O. The van der Waals surface area contributed by atoms with E-state index in [2.05, 4.69) is 25.7 Å². The Bertz CT molecular complexity index is 704. The van der Waals surface area contributed by atoms with Gasteiger partial charge in [0.15, 0.2) is 0 Å². The number of nitrogens with one attached hydrogen (secondary N) is 2. The van der Waals surface area contributed by atoms with Crippen molar-refractivity contribution < 1.29 is 4.42 Å². The van der Waals surface area contributed by atoms with Gasteiger partial charge in [0, 0.05) is 5.69 Å². The van der Waals surface area contributed by atoms with E-state index in [1.165, 1.54) is 0 Å². The number of hydrogen-bond acceptors (Lipinski definition) is 5. The molecule has 2 aromatic heterocycles. The van der Waals surface area contributed by atoms with Crippen molar-refractivity contribution in [2.24, 2.45) is 0 Å². The molecule has 0 fully saturated rings. The van der Waals surface area contributed by atoms with E-state index in [1.54, 1.807) is 6.20 Å². The highest BCUT2D eigenvalue weighted by molar-refractivity contribution is 5.54. The lowest BCUT2D eigenvalue weighted by Gasteiger charge is -2.13. The van der Waals surface area contributed by atoms with Crippen LogP contribution in [0.25, 0.3) is 11.5 Å². The van der Waals surface area contributed by atoms with Gasteiger partial charge in [-0.2, -0.15) is 5.10 Å². The monoisotopic (exact) mass is 283 g/mol. The second-order valence-corrected chi connectivity index (χ2v) is 4.76. The van der Waals surface area contributed by atoms with Crippen LogP contribution >= 0.6 is 0 Å². The lowest BCUT2D eigenvalue weighted by atomic mass is 10.1. The zero-order chi connectivity index (χ0) is 14.7. The minimum absolute atomic E-state index is 0.107. The Balaban J connectivity index is 1.94. The predicted octanol–water partition coefficient (Wildman–Crippen LogP) is 2.47. The van der Waals surface area contributed by atoms with E-state index >= 15 is 0 Å². The van der Waals surface area contributed by atoms with E-state index in [9.17, 15) is 0 Å². The number of rotatable bonds is 5. The van der Waals surface area contributed by atoms with Crippen LogP contribution in [-0.2, 0) is 0 Å². The number of aromatic amines is 1. The van der Waals surface area contributed by atoms with Crippen molar-refractivity contribution in [3.63, 3.8) is 0 Å². The van der Waals surface area contributed by atoms with Crippen molar-refractivity contribution in [1.29, 1.82) is 0 Å². The van der Waals surface area contributed by atoms with Crippen molar-refractivity contribution in [3.05, 3.63) is 53.7 Å². The van der Waals surface area contributed by atoms with Crippen molar-refractivity contribution in [3.8, 4) is 11.5 Å². The van der Waals surface area contributed by atoms with Gasteiger partial charge >= 0.3 is 0 Å². The molecule has 1 unspecified atom stereocenters. The molecule has 108 valence electrons. The highest BCUT2D eigenvalue weighted by atomic mass is 16.4. The van der Waals surface area contributed by atoms with Crippen LogP contribution in [0.15, 0.2) is 40.9 Å². The van der Waals surface area contributed by atoms with Gasteiger partial charge in [-0.05, 0) is 19.0 Å². The third-order valence-corrected chi connectivity index (χ3v) is 3.29. The fourth-order valence-electron chi connectivity index (χ4n) is 2.22. The maximum atomic E-state index is 5.83. The van der Waals surface area contributed by atoms with Gasteiger partial charge in [0.1, 0.15) is 6.04 Å². The van der Waals surface area contributed by atoms with E-state index in [1.807, 2.05) is 44.2 Å². The molecule has 6 nitrogen and oxygen atoms in total. The third-order valence-electron chi connectivity index (χ3n) is 3.29. The molecular weight excluding hydrogens is 266 g/mol. The van der Waals surface area contributed by atoms with Crippen LogP contribution in [0.3, 0.4) is 0 Å². The zero-order valence-electron chi connectivity index (χ0n) is 12.0. The van der Waals surface area contributed by atoms with E-state index in [0.717, 1.165) is 23.4 Å². The minimum atomic E-state index is -0.107. The summed E-state index contributed by atoms with van der Waals surface area (Å²) in [7, 11) is 0. The van der Waals surface area contributed by atoms with E-state index in [0.29, 0.717) is 11.8 Å². The Morgan fingerprint density at radius 2 is 2.05 bits per heavy atom. The predicted molar refractivity (Wildman–Crippen MR) is 78.6 cm³/mol. The lowest BCUT2D eigenvalue weighted by molar-refractivity contribution is 0.444. The average Bonchev–Trinajstić information content (AvgIpc) is 3.14. The summed E-state index contributed by atoms with van der Waals surface area (Å²) in [6.45, 7) is 4.78. The van der Waals surface area contributed by atoms with Crippen molar-refractivity contribution in [2.75, 3.05) is 6.54 Å². The molecule has 1 atom stereocenters. The quantitative estimate of drug-likeness (QED) is 0.752. The van der Waals surface area contributed by atoms with Crippen molar-refractivity contribution >= 4 is 0 Å². The maximum Gasteiger partial charge on any atom is 0.251 e. The Morgan fingerprint density at radius 3 is 2.71 bits per heavy atom. The highest BCUT2D eigenvalue weighted by Gasteiger charge is 2.21. The topological polar surface area (TPSA) is 79.6 Å². The molecule has 0 aliphatic carbocycles. The normalized spacial score (nSPS) is 12.5. The molecule has 0 saturated carbocycles. The van der Waals surface area contributed by atoms with E-state index in [4.69, 9.17) is 4.42 Å². The first-order valence-corrected chi connectivity index (χ1v) is 6.91. The molecule has 2 N–H and O–H groups in total. The molecule has 6 heteroatoms. The number of aryl methyl sites for hydroxylation is 1. The SMILES string of the molecule is CCNC(c1ccccc1)c1nnc(-c2cn[nH]c2C)o1. The van der Waals surface area contributed by atoms with Gasteiger partial charge in [0.05, 0.1) is 11.8 Å². The summed E-state index contributed by atoms with van der Waals surface area (Å²) in [5.74, 6) is 1.04. The van der Waals surface area contributed by atoms with Gasteiger partial charge in [-0.25, -0.2) is 0 Å². The average molecular weight is 283 g/mol. The standard InChI is InChI=1S/C15H17N5O/c1-3-16-13(11-7-5-4-6-8-11)15-20-19-14(21-15)12-9-17-18-10(12)2/h4-9,13,16H,3H2,1-2H3,(H,17,18). The van der Waals surface area contributed by atoms with Crippen molar-refractivity contribution in [1.82, 2.24) is 25.7 Å². The summed E-state index contributed by atoms with van der Waals surface area (Å²) in [5.41, 5.74) is 2.83. The van der Waals surface area contributed by atoms with Crippen LogP contribution in [0, 0.1) is 6.92 Å². The van der Waals surface area contributed by atoms with Gasteiger partial charge in [0.25, 0.3) is 5.89 Å². The van der Waals surface area contributed by atoms with E-state index < -0.39 is 0 Å². The highest BCUT2D eigenvalue weighted by Crippen LogP contribution is 2.25. The summed E-state index contributed by atoms with van der Waals surface area (Å²) < 4.78 is 5.83. The van der Waals surface area contributed by atoms with Crippen LogP contribution in [0.2, 0.25) is 0 Å². The molecule has 1 aromatic carbocycles. The van der Waals surface area contributed by atoms with Crippen LogP contribution in [0.5, 0.6) is 0 Å². The lowest BCUT2D eigenvalue weighted by Crippen LogP contribution is -2.22. The van der Waals surface area contributed by atoms with Gasteiger partial charge in [-0.3, -0.25) is 5.10 Å². The third kappa shape index (κ3) is 2.71. The first kappa shape index (κ1) is 13.5. The number of H-pyrrole nitrogens is 1. The van der Waals surface area contributed by atoms with Gasteiger partial charge in [0.2, 0.25) is 5.89 Å². The molecule has 3 aromatic rings. The Kier molecular flexibility index (Phi) is 3.79. The molecule has 0 saturated heterocycles. The molecule has 3 rings (SSSR count). The van der Waals surface area contributed by atoms with Crippen LogP contribution in [-0.4, -0.2) is 26.9 Å². The summed E-state index contributed by atoms with van der Waals surface area (Å²) >= 11 is 0. The molecule has 0 aliphatic heterocycles. The fourth-order valence-corrected chi connectivity index (χ4v) is 2.22. The second kappa shape index (κ2) is 5.88. The minimum Gasteiger partial charge on any atom is -0.418 e. The first-order valence-electron chi connectivity index (χ1n) is 6.91. The smallest absolute Gasteiger partial charge is 0.251 e. The molecule has 0 radical (unpaired) electrons. The summed E-state index contributed by atoms with van der Waals surface area (Å²) in [6, 6.07) is 9.96. The van der Waals surface area contributed by atoms with Crippen LogP contribution in [0.1, 0.15) is 30.1 Å². The summed E-state index contributed by atoms with van der Waals surface area (Å²) in [5, 5.41) is 18.5. The van der Waals surface area contributed by atoms with Gasteiger partial charge < -0.3 is 9.73 Å². The van der Waals surface area contributed by atoms with Crippen LogP contribution in [0.4, 0.5) is 0 Å². The Hall–Kier alpha value is -2.47. The first-order chi connectivity index (χ1) is 10.3. The zero-order valence-corrected chi connectivity index (χ0v) is 12.0. The maximum absolute atomic E-state index is 5.83. The summed E-state index contributed by atoms with van der Waals surface area (Å²) in [4.78, 5) is 0. The number of nitrogens with zero attached hydrogens (tertiary/aromatic N) is 3. The Morgan fingerprint density at radius 1 is 1.24 bits per heavy atom. The molecule has 0 bridgehead atoms. The van der Waals surface area contributed by atoms with Gasteiger partial charge in [-0.15, -0.1) is 10.2 Å². The molecule has 0 aliphatic rings. The summed E-state index contributed by atoms with van der Waals surface area (Å²) in [6.07, 6.45) is 1.69. The second-order valence-electron chi connectivity index (χ2n) is 4.76. The number of benzene rings is 1. The molecule has 0 spiro atoms.